The number of carbonyl (C=O) groups is 1. The lowest BCUT2D eigenvalue weighted by Crippen LogP contribution is -2.16. The van der Waals surface area contributed by atoms with Crippen molar-refractivity contribution in [1.82, 2.24) is 0 Å². The summed E-state index contributed by atoms with van der Waals surface area (Å²) in [5, 5.41) is 0. The molecule has 2 heteroatoms. The van der Waals surface area contributed by atoms with E-state index in [-0.39, 0.29) is 12.1 Å². The van der Waals surface area contributed by atoms with Crippen LogP contribution in [-0.2, 0) is 9.53 Å². The van der Waals surface area contributed by atoms with E-state index in [0.29, 0.717) is 6.42 Å². The normalized spacial score (nSPS) is 10.7. The fourth-order valence-corrected chi connectivity index (χ4v) is 1.57. The number of carbonyl (C=O) groups excluding carboxylic acids is 1. The zero-order chi connectivity index (χ0) is 11.5. The summed E-state index contributed by atoms with van der Waals surface area (Å²) in [6.07, 6.45) is 8.50. The highest BCUT2D eigenvalue weighted by atomic mass is 16.5. The number of esters is 1. The van der Waals surface area contributed by atoms with Crippen LogP contribution in [-0.4, -0.2) is 12.1 Å². The van der Waals surface area contributed by atoms with Gasteiger partial charge in [-0.15, -0.1) is 0 Å². The van der Waals surface area contributed by atoms with Gasteiger partial charge in [-0.3, -0.25) is 4.79 Å². The van der Waals surface area contributed by atoms with Crippen molar-refractivity contribution in [2.24, 2.45) is 0 Å². The van der Waals surface area contributed by atoms with E-state index in [1.807, 2.05) is 0 Å². The van der Waals surface area contributed by atoms with Gasteiger partial charge in [0.25, 0.3) is 0 Å². The first kappa shape index (κ1) is 14.5. The fourth-order valence-electron chi connectivity index (χ4n) is 1.57. The molecule has 0 N–H and O–H groups in total. The van der Waals surface area contributed by atoms with Gasteiger partial charge in [-0.2, -0.15) is 0 Å². The highest BCUT2D eigenvalue weighted by Gasteiger charge is 2.09. The molecule has 0 aliphatic rings. The quantitative estimate of drug-likeness (QED) is 0.427. The molecule has 0 heterocycles. The summed E-state index contributed by atoms with van der Waals surface area (Å²) in [5.41, 5.74) is 0. The van der Waals surface area contributed by atoms with E-state index in [4.69, 9.17) is 4.74 Å². The molecule has 15 heavy (non-hydrogen) atoms. The van der Waals surface area contributed by atoms with Crippen LogP contribution in [0.15, 0.2) is 0 Å². The molecule has 0 aliphatic carbocycles. The van der Waals surface area contributed by atoms with E-state index in [1.54, 1.807) is 0 Å². The monoisotopic (exact) mass is 214 g/mol. The first-order chi connectivity index (χ1) is 7.24. The Morgan fingerprint density at radius 3 is 2.13 bits per heavy atom. The molecule has 0 saturated heterocycles. The fraction of sp³-hybridized carbons (Fsp3) is 0.923. The van der Waals surface area contributed by atoms with E-state index in [1.165, 1.54) is 19.3 Å². The van der Waals surface area contributed by atoms with Crippen LogP contribution in [0.1, 0.15) is 72.1 Å². The van der Waals surface area contributed by atoms with Crippen molar-refractivity contribution in [1.29, 1.82) is 0 Å². The maximum absolute atomic E-state index is 11.4. The Labute approximate surface area is 94.4 Å². The van der Waals surface area contributed by atoms with E-state index in [9.17, 15) is 4.79 Å². The van der Waals surface area contributed by atoms with Crippen LogP contribution >= 0.6 is 0 Å². The predicted molar refractivity (Wildman–Crippen MR) is 63.8 cm³/mol. The van der Waals surface area contributed by atoms with Gasteiger partial charge in [0.15, 0.2) is 0 Å². The average Bonchev–Trinajstić information content (AvgIpc) is 2.25. The molecule has 0 rings (SSSR count). The molecule has 0 aliphatic heterocycles. The van der Waals surface area contributed by atoms with Gasteiger partial charge in [-0.05, 0) is 19.3 Å². The van der Waals surface area contributed by atoms with Crippen LogP contribution < -0.4 is 0 Å². The number of hydrogen-bond acceptors (Lipinski definition) is 2. The van der Waals surface area contributed by atoms with E-state index < -0.39 is 0 Å². The first-order valence-electron chi connectivity index (χ1n) is 6.44. The van der Waals surface area contributed by atoms with Gasteiger partial charge in [0.2, 0.25) is 0 Å². The summed E-state index contributed by atoms with van der Waals surface area (Å²) in [5.74, 6) is -0.0137. The maximum Gasteiger partial charge on any atom is 0.306 e. The molecule has 2 nitrogen and oxygen atoms in total. The number of hydrogen-bond donors (Lipinski definition) is 0. The van der Waals surface area contributed by atoms with Crippen LogP contribution in [0.5, 0.6) is 0 Å². The molecule has 0 saturated carbocycles. The van der Waals surface area contributed by atoms with Crippen LogP contribution in [0.25, 0.3) is 0 Å². The highest BCUT2D eigenvalue weighted by Crippen LogP contribution is 2.09. The third-order valence-electron chi connectivity index (χ3n) is 2.69. The minimum atomic E-state index is -0.0137. The lowest BCUT2D eigenvalue weighted by atomic mass is 10.1. The summed E-state index contributed by atoms with van der Waals surface area (Å²) in [7, 11) is 0. The molecule has 0 radical (unpaired) electrons. The molecule has 0 amide bonds. The van der Waals surface area contributed by atoms with Crippen molar-refractivity contribution >= 4 is 5.97 Å². The van der Waals surface area contributed by atoms with Crippen molar-refractivity contribution < 1.29 is 9.53 Å². The van der Waals surface area contributed by atoms with Crippen molar-refractivity contribution in [3.05, 3.63) is 0 Å². The number of unbranched alkanes of at least 4 members (excludes halogenated alkanes) is 4. The van der Waals surface area contributed by atoms with Crippen molar-refractivity contribution in [3.8, 4) is 0 Å². The van der Waals surface area contributed by atoms with E-state index in [2.05, 4.69) is 20.8 Å². The minimum absolute atomic E-state index is 0.0137. The van der Waals surface area contributed by atoms with Gasteiger partial charge in [-0.1, -0.05) is 46.5 Å². The van der Waals surface area contributed by atoms with Crippen molar-refractivity contribution in [2.75, 3.05) is 0 Å². The second-order valence-corrected chi connectivity index (χ2v) is 4.09. The second kappa shape index (κ2) is 10.0. The average molecular weight is 214 g/mol. The van der Waals surface area contributed by atoms with Gasteiger partial charge in [0.1, 0.15) is 6.10 Å². The van der Waals surface area contributed by atoms with E-state index >= 15 is 0 Å². The summed E-state index contributed by atoms with van der Waals surface area (Å²) in [6, 6.07) is 0. The van der Waals surface area contributed by atoms with Gasteiger partial charge in [-0.25, -0.2) is 0 Å². The third kappa shape index (κ3) is 8.46. The Hall–Kier alpha value is -0.530. The summed E-state index contributed by atoms with van der Waals surface area (Å²) in [4.78, 5) is 11.4. The molecule has 0 bridgehead atoms. The molecular formula is C13H26O2. The zero-order valence-electron chi connectivity index (χ0n) is 10.6. The number of ether oxygens (including phenoxy) is 1. The highest BCUT2D eigenvalue weighted by molar-refractivity contribution is 5.69. The SMILES string of the molecule is CCCCCCCC(=O)OC(CC)CC. The third-order valence-corrected chi connectivity index (χ3v) is 2.69. The minimum Gasteiger partial charge on any atom is -0.462 e. The molecule has 0 atom stereocenters. The molecule has 0 aromatic heterocycles. The molecule has 0 aromatic carbocycles. The number of rotatable bonds is 9. The van der Waals surface area contributed by atoms with Gasteiger partial charge < -0.3 is 4.74 Å². The molecule has 90 valence electrons. The van der Waals surface area contributed by atoms with Crippen LogP contribution in [0.2, 0.25) is 0 Å². The zero-order valence-corrected chi connectivity index (χ0v) is 10.6. The maximum atomic E-state index is 11.4. The smallest absolute Gasteiger partial charge is 0.306 e. The van der Waals surface area contributed by atoms with Crippen molar-refractivity contribution in [2.45, 2.75) is 78.2 Å². The molecule has 0 spiro atoms. The van der Waals surface area contributed by atoms with Gasteiger partial charge in [0, 0.05) is 6.42 Å². The van der Waals surface area contributed by atoms with Crippen molar-refractivity contribution in [3.63, 3.8) is 0 Å². The van der Waals surface area contributed by atoms with Gasteiger partial charge >= 0.3 is 5.97 Å². The summed E-state index contributed by atoms with van der Waals surface area (Å²) in [6.45, 7) is 6.31. The van der Waals surface area contributed by atoms with Crippen LogP contribution in [0.4, 0.5) is 0 Å². The standard InChI is InChI=1S/C13H26O2/c1-4-7-8-9-10-11-13(14)15-12(5-2)6-3/h12H,4-11H2,1-3H3. The molecule has 0 unspecified atom stereocenters. The Morgan fingerprint density at radius 1 is 1.00 bits per heavy atom. The summed E-state index contributed by atoms with van der Waals surface area (Å²) >= 11 is 0. The lowest BCUT2D eigenvalue weighted by molar-refractivity contribution is -0.149. The predicted octanol–water partition coefficient (Wildman–Crippen LogP) is 4.08. The first-order valence-corrected chi connectivity index (χ1v) is 6.44. The Morgan fingerprint density at radius 2 is 1.60 bits per heavy atom. The van der Waals surface area contributed by atoms with Crippen LogP contribution in [0.3, 0.4) is 0 Å². The molecule has 0 aromatic rings. The Balaban J connectivity index is 3.40. The summed E-state index contributed by atoms with van der Waals surface area (Å²) < 4.78 is 5.32. The Kier molecular flexibility index (Phi) is 9.65. The topological polar surface area (TPSA) is 26.3 Å². The largest absolute Gasteiger partial charge is 0.462 e. The lowest BCUT2D eigenvalue weighted by Gasteiger charge is -2.13. The van der Waals surface area contributed by atoms with E-state index in [0.717, 1.165) is 25.7 Å². The molecule has 0 fully saturated rings. The second-order valence-electron chi connectivity index (χ2n) is 4.09. The molecular weight excluding hydrogens is 188 g/mol. The Bertz CT molecular complexity index is 151. The van der Waals surface area contributed by atoms with Gasteiger partial charge in [0.05, 0.1) is 0 Å². The van der Waals surface area contributed by atoms with Crippen LogP contribution in [0, 0.1) is 0 Å².